The van der Waals surface area contributed by atoms with Crippen LogP contribution in [0.25, 0.3) is 0 Å². The summed E-state index contributed by atoms with van der Waals surface area (Å²) >= 11 is 2.80. The minimum Gasteiger partial charge on any atom is -1.00 e. The summed E-state index contributed by atoms with van der Waals surface area (Å²) in [5.74, 6) is 0. The largest absolute Gasteiger partial charge is 1.00 e. The number of hydrogen-bond acceptors (Lipinski definition) is 0. The van der Waals surface area contributed by atoms with Crippen LogP contribution in [-0.4, -0.2) is 4.98 Å². The van der Waals surface area contributed by atoms with E-state index in [0.29, 0.717) is 0 Å². The molecule has 0 aliphatic carbocycles. The predicted octanol–water partition coefficient (Wildman–Crippen LogP) is 0.720. The van der Waals surface area contributed by atoms with Crippen LogP contribution in [0.2, 0.25) is 0 Å². The van der Waals surface area contributed by atoms with Crippen LogP contribution in [-0.2, 0) is 18.3 Å². The van der Waals surface area contributed by atoms with Crippen LogP contribution in [0.15, 0.2) is 12.3 Å². The summed E-state index contributed by atoms with van der Waals surface area (Å²) in [5.41, 5.74) is 1.28. The van der Waals surface area contributed by atoms with E-state index in [1.807, 2.05) is 12.3 Å². The maximum atomic E-state index is 3.02. The molecule has 0 unspecified atom stereocenters. The molecule has 0 aliphatic heterocycles. The quantitative estimate of drug-likeness (QED) is 0.573. The number of hydrogen-bond donors (Lipinski definition) is 1. The van der Waals surface area contributed by atoms with Crippen molar-refractivity contribution in [2.75, 3.05) is 0 Å². The molecule has 1 rings (SSSR count). The van der Waals surface area contributed by atoms with Crippen LogP contribution < -0.4 is 4.29 Å². The maximum Gasteiger partial charge on any atom is -1.00 e. The fourth-order valence-electron chi connectivity index (χ4n) is 0.419. The Balaban J connectivity index is 0. The van der Waals surface area contributed by atoms with Gasteiger partial charge in [0.1, 0.15) is 0 Å². The summed E-state index contributed by atoms with van der Waals surface area (Å²) in [4.78, 5) is 3.02. The first-order chi connectivity index (χ1) is 3.30. The number of aromatic nitrogens is 1. The summed E-state index contributed by atoms with van der Waals surface area (Å²) in [7, 11) is 0. The van der Waals surface area contributed by atoms with Gasteiger partial charge in [-0.05, 0) is 0 Å². The SMILES string of the molecule is Cc1cc[nH][c]1[Rh+2].[H-].[H-]. The molecule has 7 heavy (non-hydrogen) atoms. The summed E-state index contributed by atoms with van der Waals surface area (Å²) in [6.07, 6.45) is 1.92. The summed E-state index contributed by atoms with van der Waals surface area (Å²) in [5, 5.41) is 0. The molecule has 1 aromatic heterocycles. The average Bonchev–Trinajstić information content (AvgIpc) is 1.91. The molecule has 0 aromatic carbocycles. The third-order valence-corrected chi connectivity index (χ3v) is 1.75. The molecule has 1 aromatic rings. The minimum absolute atomic E-state index is 0. The molecule has 0 saturated heterocycles. The van der Waals surface area contributed by atoms with Crippen LogP contribution in [0.5, 0.6) is 0 Å². The van der Waals surface area contributed by atoms with Crippen molar-refractivity contribution in [2.45, 2.75) is 6.92 Å². The minimum atomic E-state index is 0. The smallest absolute Gasteiger partial charge is 1.00 e. The fourth-order valence-corrected chi connectivity index (χ4v) is 0.693. The first kappa shape index (κ1) is 5.05. The molecule has 0 radical (unpaired) electrons. The van der Waals surface area contributed by atoms with Gasteiger partial charge in [-0.1, -0.05) is 0 Å². The second-order valence-electron chi connectivity index (χ2n) is 1.45. The van der Waals surface area contributed by atoms with Gasteiger partial charge in [-0.25, -0.2) is 0 Å². The number of nitrogens with one attached hydrogen (secondary N) is 1. The standard InChI is InChI=1S/C5H6N.Rh.2H/c1-5-2-3-6-4-5;;;/h2-3,6H,1H3;;;/q;+2;2*-1. The van der Waals surface area contributed by atoms with Gasteiger partial charge >= 0.3 is 52.3 Å². The Bertz CT molecular complexity index is 147. The van der Waals surface area contributed by atoms with Gasteiger partial charge in [-0.2, -0.15) is 0 Å². The Kier molecular flexibility index (Phi) is 1.29. The molecule has 42 valence electrons. The van der Waals surface area contributed by atoms with Crippen LogP contribution in [0.3, 0.4) is 0 Å². The second-order valence-corrected chi connectivity index (χ2v) is 2.27. The predicted molar refractivity (Wildman–Crippen MR) is 27.4 cm³/mol. The van der Waals surface area contributed by atoms with Crippen LogP contribution in [0.4, 0.5) is 0 Å². The van der Waals surface area contributed by atoms with E-state index in [1.165, 1.54) is 5.56 Å². The Hall–Kier alpha value is -0.0966. The van der Waals surface area contributed by atoms with Gasteiger partial charge in [0.25, 0.3) is 0 Å². The summed E-state index contributed by atoms with van der Waals surface area (Å²) < 4.78 is 1.15. The molecule has 0 amide bonds. The van der Waals surface area contributed by atoms with E-state index in [-0.39, 0.29) is 2.85 Å². The van der Waals surface area contributed by atoms with E-state index in [1.54, 1.807) is 0 Å². The number of aryl methyl sites for hydroxylation is 1. The van der Waals surface area contributed by atoms with Gasteiger partial charge < -0.3 is 2.85 Å². The first-order valence-electron chi connectivity index (χ1n) is 2.08. The van der Waals surface area contributed by atoms with Crippen molar-refractivity contribution in [1.29, 1.82) is 0 Å². The van der Waals surface area contributed by atoms with Gasteiger partial charge in [0.15, 0.2) is 0 Å². The third kappa shape index (κ3) is 0.917. The van der Waals surface area contributed by atoms with Crippen molar-refractivity contribution < 1.29 is 21.2 Å². The van der Waals surface area contributed by atoms with E-state index >= 15 is 0 Å². The topological polar surface area (TPSA) is 15.8 Å². The van der Waals surface area contributed by atoms with E-state index in [9.17, 15) is 0 Å². The Morgan fingerprint density at radius 1 is 1.86 bits per heavy atom. The average molecular weight is 185 g/mol. The first-order valence-corrected chi connectivity index (χ1v) is 2.90. The summed E-state index contributed by atoms with van der Waals surface area (Å²) in [6, 6.07) is 2.04. The molecule has 0 spiro atoms. The van der Waals surface area contributed by atoms with Gasteiger partial charge in [0.2, 0.25) is 0 Å². The maximum absolute atomic E-state index is 3.02. The molecular weight excluding hydrogens is 177 g/mol. The van der Waals surface area contributed by atoms with E-state index in [4.69, 9.17) is 0 Å². The molecule has 1 N–H and O–H groups in total. The van der Waals surface area contributed by atoms with Gasteiger partial charge in [0.05, 0.1) is 0 Å². The van der Waals surface area contributed by atoms with E-state index in [0.717, 1.165) is 4.29 Å². The zero-order valence-electron chi connectivity index (χ0n) is 5.99. The van der Waals surface area contributed by atoms with Crippen molar-refractivity contribution in [2.24, 2.45) is 0 Å². The van der Waals surface area contributed by atoms with E-state index < -0.39 is 0 Å². The second kappa shape index (κ2) is 1.79. The molecule has 1 heterocycles. The van der Waals surface area contributed by atoms with Crippen LogP contribution in [0, 0.1) is 6.92 Å². The van der Waals surface area contributed by atoms with E-state index in [2.05, 4.69) is 30.2 Å². The molecule has 0 bridgehead atoms. The Morgan fingerprint density at radius 3 is 2.71 bits per heavy atom. The van der Waals surface area contributed by atoms with Crippen molar-refractivity contribution in [1.82, 2.24) is 4.98 Å². The molecule has 1 nitrogen and oxygen atoms in total. The van der Waals surface area contributed by atoms with Crippen molar-refractivity contribution in [3.8, 4) is 0 Å². The molecule has 0 atom stereocenters. The van der Waals surface area contributed by atoms with Crippen molar-refractivity contribution in [3.05, 3.63) is 17.8 Å². The zero-order valence-corrected chi connectivity index (χ0v) is 5.63. The molecule has 0 fully saturated rings. The van der Waals surface area contributed by atoms with Crippen molar-refractivity contribution in [3.63, 3.8) is 0 Å². The monoisotopic (exact) mass is 185 g/mol. The number of aromatic amines is 1. The third-order valence-electron chi connectivity index (χ3n) is 0.866. The normalized spacial score (nSPS) is 9.43. The van der Waals surface area contributed by atoms with Gasteiger partial charge in [0, 0.05) is 0 Å². The fraction of sp³-hybridized carbons (Fsp3) is 0.200. The van der Waals surface area contributed by atoms with Gasteiger partial charge in [-0.15, -0.1) is 0 Å². The Morgan fingerprint density at radius 2 is 2.57 bits per heavy atom. The zero-order chi connectivity index (χ0) is 5.28. The molecule has 2 heteroatoms. The van der Waals surface area contributed by atoms with Crippen LogP contribution >= 0.6 is 0 Å². The number of H-pyrrole nitrogens is 1. The number of rotatable bonds is 0. The molecular formula is C5H8NRh. The molecule has 0 aliphatic rings. The van der Waals surface area contributed by atoms with Gasteiger partial charge in [-0.3, -0.25) is 0 Å². The Labute approximate surface area is 55.8 Å². The van der Waals surface area contributed by atoms with Crippen molar-refractivity contribution >= 4 is 4.29 Å². The van der Waals surface area contributed by atoms with Crippen LogP contribution in [0.1, 0.15) is 8.42 Å². The summed E-state index contributed by atoms with van der Waals surface area (Å²) in [6.45, 7) is 2.06. The molecule has 0 saturated carbocycles.